The van der Waals surface area contributed by atoms with E-state index in [-0.39, 0.29) is 18.2 Å². The number of aliphatic hydroxyl groups is 1. The van der Waals surface area contributed by atoms with Gasteiger partial charge in [-0.1, -0.05) is 6.92 Å². The minimum Gasteiger partial charge on any atom is -0.393 e. The maximum absolute atomic E-state index is 11.8. The number of nitrogens with one attached hydrogen (secondary N) is 2. The Morgan fingerprint density at radius 1 is 1.32 bits per heavy atom. The summed E-state index contributed by atoms with van der Waals surface area (Å²) in [6.07, 6.45) is 4.17. The van der Waals surface area contributed by atoms with Crippen LogP contribution in [0.5, 0.6) is 0 Å². The van der Waals surface area contributed by atoms with Gasteiger partial charge in [0.05, 0.1) is 12.6 Å². The lowest BCUT2D eigenvalue weighted by Gasteiger charge is -2.26. The molecule has 1 heterocycles. The van der Waals surface area contributed by atoms with Crippen molar-refractivity contribution in [3.05, 3.63) is 21.9 Å². The fraction of sp³-hybridized carbons (Fsp3) is 0.643. The van der Waals surface area contributed by atoms with Gasteiger partial charge in [0.15, 0.2) is 0 Å². The van der Waals surface area contributed by atoms with Gasteiger partial charge in [0, 0.05) is 15.8 Å². The van der Waals surface area contributed by atoms with E-state index in [2.05, 4.69) is 29.7 Å². The summed E-state index contributed by atoms with van der Waals surface area (Å²) in [6, 6.07) is 4.29. The van der Waals surface area contributed by atoms with Crippen LogP contribution in [-0.4, -0.2) is 23.3 Å². The van der Waals surface area contributed by atoms with Gasteiger partial charge in [-0.25, -0.2) is 4.79 Å². The number of hydrogen-bond donors (Lipinski definition) is 3. The molecule has 0 aliphatic heterocycles. The van der Waals surface area contributed by atoms with Crippen molar-refractivity contribution in [3.8, 4) is 0 Å². The monoisotopic (exact) mass is 282 g/mol. The van der Waals surface area contributed by atoms with Gasteiger partial charge in [0.25, 0.3) is 0 Å². The molecule has 3 N–H and O–H groups in total. The number of aryl methyl sites for hydroxylation is 1. The van der Waals surface area contributed by atoms with Gasteiger partial charge in [0.2, 0.25) is 0 Å². The van der Waals surface area contributed by atoms with E-state index < -0.39 is 0 Å². The summed E-state index contributed by atoms with van der Waals surface area (Å²) in [5.41, 5.74) is 0. The lowest BCUT2D eigenvalue weighted by molar-refractivity contribution is 0.117. The number of amides is 2. The Bertz CT molecular complexity index is 411. The molecule has 2 rings (SSSR count). The number of hydrogen-bond acceptors (Lipinski definition) is 3. The molecule has 1 aliphatic rings. The van der Waals surface area contributed by atoms with Crippen LogP contribution in [0.2, 0.25) is 0 Å². The van der Waals surface area contributed by atoms with Gasteiger partial charge in [0.1, 0.15) is 0 Å². The molecule has 106 valence electrons. The first-order valence-electron chi connectivity index (χ1n) is 6.97. The maximum atomic E-state index is 11.8. The van der Waals surface area contributed by atoms with Gasteiger partial charge in [-0.05, 0) is 44.2 Å². The van der Waals surface area contributed by atoms with Gasteiger partial charge >= 0.3 is 6.03 Å². The summed E-state index contributed by atoms with van der Waals surface area (Å²) >= 11 is 1.75. The van der Waals surface area contributed by atoms with E-state index in [1.165, 1.54) is 9.75 Å². The Hall–Kier alpha value is -1.07. The average molecular weight is 282 g/mol. The molecule has 19 heavy (non-hydrogen) atoms. The quantitative estimate of drug-likeness (QED) is 0.794. The summed E-state index contributed by atoms with van der Waals surface area (Å²) < 4.78 is 0. The lowest BCUT2D eigenvalue weighted by atomic mass is 9.93. The highest BCUT2D eigenvalue weighted by Gasteiger charge is 2.20. The van der Waals surface area contributed by atoms with E-state index in [1.54, 1.807) is 11.3 Å². The lowest BCUT2D eigenvalue weighted by Crippen LogP contribution is -2.43. The molecule has 1 aliphatic carbocycles. The number of carbonyl (C=O) groups is 1. The Morgan fingerprint density at radius 2 is 2.00 bits per heavy atom. The summed E-state index contributed by atoms with van der Waals surface area (Å²) in [5.74, 6) is 0. The normalized spacial score (nSPS) is 23.1. The molecule has 0 aromatic carbocycles. The van der Waals surface area contributed by atoms with Crippen LogP contribution in [0.25, 0.3) is 0 Å². The number of urea groups is 1. The molecule has 0 bridgehead atoms. The predicted octanol–water partition coefficient (Wildman–Crippen LogP) is 2.41. The van der Waals surface area contributed by atoms with Crippen molar-refractivity contribution in [1.82, 2.24) is 10.6 Å². The zero-order valence-electron chi connectivity index (χ0n) is 11.3. The predicted molar refractivity (Wildman–Crippen MR) is 77.3 cm³/mol. The van der Waals surface area contributed by atoms with E-state index in [4.69, 9.17) is 0 Å². The molecule has 0 saturated heterocycles. The van der Waals surface area contributed by atoms with Crippen LogP contribution in [0.4, 0.5) is 4.79 Å². The minimum atomic E-state index is -0.181. The summed E-state index contributed by atoms with van der Waals surface area (Å²) in [6.45, 7) is 2.72. The second-order valence-corrected chi connectivity index (χ2v) is 6.31. The number of aliphatic hydroxyl groups excluding tert-OH is 1. The number of carbonyl (C=O) groups excluding carboxylic acids is 1. The molecule has 2 amide bonds. The fourth-order valence-corrected chi connectivity index (χ4v) is 3.23. The van der Waals surface area contributed by atoms with Crippen molar-refractivity contribution in [2.75, 3.05) is 0 Å². The minimum absolute atomic E-state index is 0.104. The van der Waals surface area contributed by atoms with Crippen LogP contribution in [0.15, 0.2) is 12.1 Å². The highest BCUT2D eigenvalue weighted by Crippen LogP contribution is 2.18. The molecular formula is C14H22N2O2S. The standard InChI is InChI=1S/C14H22N2O2S/c1-2-12-7-8-13(19-12)9-15-14(18)16-10-3-5-11(17)6-4-10/h7-8,10-11,17H,2-6,9H2,1H3,(H2,15,16,18). The second kappa shape index (κ2) is 6.91. The van der Waals surface area contributed by atoms with Crippen LogP contribution < -0.4 is 10.6 Å². The molecule has 1 aromatic rings. The van der Waals surface area contributed by atoms with Crippen LogP contribution in [0.1, 0.15) is 42.4 Å². The topological polar surface area (TPSA) is 61.4 Å². The van der Waals surface area contributed by atoms with Crippen molar-refractivity contribution >= 4 is 17.4 Å². The van der Waals surface area contributed by atoms with E-state index in [0.717, 1.165) is 32.1 Å². The van der Waals surface area contributed by atoms with Crippen LogP contribution in [-0.2, 0) is 13.0 Å². The van der Waals surface area contributed by atoms with Gasteiger partial charge in [-0.2, -0.15) is 0 Å². The molecule has 1 aromatic heterocycles. The van der Waals surface area contributed by atoms with E-state index >= 15 is 0 Å². The number of rotatable bonds is 4. The van der Waals surface area contributed by atoms with Crippen molar-refractivity contribution in [2.24, 2.45) is 0 Å². The first kappa shape index (κ1) is 14.3. The molecule has 0 radical (unpaired) electrons. The molecule has 1 saturated carbocycles. The second-order valence-electron chi connectivity index (χ2n) is 5.05. The molecular weight excluding hydrogens is 260 g/mol. The van der Waals surface area contributed by atoms with Crippen LogP contribution >= 0.6 is 11.3 Å². The van der Waals surface area contributed by atoms with Crippen LogP contribution in [0, 0.1) is 0 Å². The Balaban J connectivity index is 1.69. The van der Waals surface area contributed by atoms with E-state index in [0.29, 0.717) is 6.54 Å². The third-order valence-corrected chi connectivity index (χ3v) is 4.75. The largest absolute Gasteiger partial charge is 0.393 e. The summed E-state index contributed by atoms with van der Waals surface area (Å²) in [4.78, 5) is 14.3. The van der Waals surface area contributed by atoms with E-state index in [9.17, 15) is 9.90 Å². The first-order chi connectivity index (χ1) is 9.17. The summed E-state index contributed by atoms with van der Waals surface area (Å²) in [7, 11) is 0. The number of thiophene rings is 1. The SMILES string of the molecule is CCc1ccc(CNC(=O)NC2CCC(O)CC2)s1. The third kappa shape index (κ3) is 4.51. The average Bonchev–Trinajstić information content (AvgIpc) is 2.87. The molecule has 0 unspecified atom stereocenters. The highest BCUT2D eigenvalue weighted by molar-refractivity contribution is 7.11. The Kier molecular flexibility index (Phi) is 5.22. The van der Waals surface area contributed by atoms with Crippen molar-refractivity contribution < 1.29 is 9.90 Å². The van der Waals surface area contributed by atoms with Gasteiger partial charge in [-0.3, -0.25) is 0 Å². The van der Waals surface area contributed by atoms with Crippen molar-refractivity contribution in [1.29, 1.82) is 0 Å². The Labute approximate surface area is 118 Å². The summed E-state index contributed by atoms with van der Waals surface area (Å²) in [5, 5.41) is 15.3. The molecule has 0 spiro atoms. The van der Waals surface area contributed by atoms with Crippen molar-refractivity contribution in [3.63, 3.8) is 0 Å². The third-order valence-electron chi connectivity index (χ3n) is 3.52. The molecule has 4 nitrogen and oxygen atoms in total. The highest BCUT2D eigenvalue weighted by atomic mass is 32.1. The zero-order valence-corrected chi connectivity index (χ0v) is 12.1. The Morgan fingerprint density at radius 3 is 2.63 bits per heavy atom. The zero-order chi connectivity index (χ0) is 13.7. The maximum Gasteiger partial charge on any atom is 0.315 e. The van der Waals surface area contributed by atoms with Crippen molar-refractivity contribution in [2.45, 2.75) is 57.7 Å². The molecule has 5 heteroatoms. The van der Waals surface area contributed by atoms with E-state index in [1.807, 2.05) is 0 Å². The smallest absolute Gasteiger partial charge is 0.315 e. The molecule has 1 fully saturated rings. The fourth-order valence-electron chi connectivity index (χ4n) is 2.33. The van der Waals surface area contributed by atoms with Crippen LogP contribution in [0.3, 0.4) is 0 Å². The molecule has 0 atom stereocenters. The van der Waals surface area contributed by atoms with Gasteiger partial charge < -0.3 is 15.7 Å². The van der Waals surface area contributed by atoms with Gasteiger partial charge in [-0.15, -0.1) is 11.3 Å². The first-order valence-corrected chi connectivity index (χ1v) is 7.79.